The van der Waals surface area contributed by atoms with E-state index < -0.39 is 75.6 Å². The molecule has 0 amide bonds. The van der Waals surface area contributed by atoms with E-state index in [0.29, 0.717) is 51.4 Å². The van der Waals surface area contributed by atoms with Crippen molar-refractivity contribution in [3.8, 4) is 0 Å². The molecule has 2 unspecified atom stereocenters. The standard InChI is InChI=1S/C41H70N2O14/c1-15-19-50-33(46)31(56-42-38(7,8)22-29(54-27(3)44)23-39(42,9)10)35(48)52-21-17-18-37(5,6)26-53-36(49)32(34(47)51-20-16-2)57-43-40(11,12)24-30(55-28(4)45)25-41(43,13)14/h29-32H,15-26H2,1-14H3. The molecule has 0 aliphatic carbocycles. The van der Waals surface area contributed by atoms with Gasteiger partial charge >= 0.3 is 35.8 Å². The van der Waals surface area contributed by atoms with E-state index in [2.05, 4.69) is 0 Å². The molecule has 2 fully saturated rings. The summed E-state index contributed by atoms with van der Waals surface area (Å²) in [6.45, 7) is 25.1. The van der Waals surface area contributed by atoms with Gasteiger partial charge in [0.15, 0.2) is 0 Å². The number of hydrogen-bond donors (Lipinski definition) is 0. The second kappa shape index (κ2) is 20.6. The molecule has 0 N–H and O–H groups in total. The molecule has 2 aliphatic heterocycles. The lowest BCUT2D eigenvalue weighted by atomic mass is 9.80. The van der Waals surface area contributed by atoms with Gasteiger partial charge in [-0.05, 0) is 86.5 Å². The van der Waals surface area contributed by atoms with Crippen molar-refractivity contribution in [2.24, 2.45) is 5.41 Å². The molecule has 0 aromatic rings. The maximum absolute atomic E-state index is 13.6. The Morgan fingerprint density at radius 3 is 1.19 bits per heavy atom. The average Bonchev–Trinajstić information content (AvgIpc) is 3.04. The smallest absolute Gasteiger partial charge is 0.349 e. The van der Waals surface area contributed by atoms with E-state index in [1.54, 1.807) is 10.1 Å². The molecule has 2 heterocycles. The van der Waals surface area contributed by atoms with Crippen molar-refractivity contribution in [2.75, 3.05) is 26.4 Å². The number of nitrogens with zero attached hydrogens (tertiary/aromatic N) is 2. The Labute approximate surface area is 339 Å². The Kier molecular flexibility index (Phi) is 18.0. The van der Waals surface area contributed by atoms with E-state index >= 15 is 0 Å². The van der Waals surface area contributed by atoms with E-state index in [1.165, 1.54) is 13.8 Å². The number of ether oxygens (including phenoxy) is 6. The van der Waals surface area contributed by atoms with Crippen LogP contribution >= 0.6 is 0 Å². The summed E-state index contributed by atoms with van der Waals surface area (Å²) in [7, 11) is 0. The van der Waals surface area contributed by atoms with Gasteiger partial charge in [0.1, 0.15) is 12.2 Å². The number of carbonyl (C=O) groups is 6. The van der Waals surface area contributed by atoms with Gasteiger partial charge < -0.3 is 28.4 Å². The van der Waals surface area contributed by atoms with Crippen molar-refractivity contribution in [3.05, 3.63) is 0 Å². The molecule has 0 aromatic heterocycles. The molecule has 16 nitrogen and oxygen atoms in total. The third-order valence-corrected chi connectivity index (χ3v) is 9.80. The van der Waals surface area contributed by atoms with Crippen molar-refractivity contribution >= 4 is 35.8 Å². The number of rotatable bonds is 20. The molecular formula is C41H70N2O14. The van der Waals surface area contributed by atoms with Crippen LogP contribution in [-0.2, 0) is 66.9 Å². The highest BCUT2D eigenvalue weighted by Crippen LogP contribution is 2.42. The minimum absolute atomic E-state index is 0.0685. The number of hydroxylamine groups is 4. The first-order valence-corrected chi connectivity index (χ1v) is 20.1. The predicted octanol–water partition coefficient (Wildman–Crippen LogP) is 5.56. The van der Waals surface area contributed by atoms with Crippen LogP contribution in [0.2, 0.25) is 0 Å². The minimum Gasteiger partial charge on any atom is -0.463 e. The maximum atomic E-state index is 13.6. The number of esters is 6. The molecule has 0 saturated carbocycles. The first-order valence-electron chi connectivity index (χ1n) is 20.1. The summed E-state index contributed by atoms with van der Waals surface area (Å²) < 4.78 is 32.9. The van der Waals surface area contributed by atoms with Crippen molar-refractivity contribution in [3.63, 3.8) is 0 Å². The fourth-order valence-corrected chi connectivity index (χ4v) is 7.90. The zero-order valence-corrected chi connectivity index (χ0v) is 36.9. The molecule has 2 atom stereocenters. The molecule has 2 rings (SSSR count). The average molecular weight is 815 g/mol. The Morgan fingerprint density at radius 2 is 0.877 bits per heavy atom. The van der Waals surface area contributed by atoms with Crippen molar-refractivity contribution in [2.45, 2.75) is 195 Å². The lowest BCUT2D eigenvalue weighted by Crippen LogP contribution is -2.64. The zero-order valence-electron chi connectivity index (χ0n) is 36.9. The van der Waals surface area contributed by atoms with Gasteiger partial charge in [0, 0.05) is 61.7 Å². The highest BCUT2D eigenvalue weighted by atomic mass is 16.7. The number of piperidine rings is 2. The van der Waals surface area contributed by atoms with Crippen LogP contribution in [-0.4, -0.2) is 119 Å². The lowest BCUT2D eigenvalue weighted by Gasteiger charge is -2.53. The zero-order chi connectivity index (χ0) is 43.6. The Balaban J connectivity index is 2.09. The van der Waals surface area contributed by atoms with Gasteiger partial charge in [0.05, 0.1) is 26.4 Å². The highest BCUT2D eigenvalue weighted by molar-refractivity contribution is 5.98. The summed E-state index contributed by atoms with van der Waals surface area (Å²) in [6.07, 6.45) is -0.698. The predicted molar refractivity (Wildman–Crippen MR) is 207 cm³/mol. The van der Waals surface area contributed by atoms with Crippen LogP contribution in [0, 0.1) is 5.41 Å². The van der Waals surface area contributed by atoms with E-state index in [0.717, 1.165) is 0 Å². The second-order valence-electron chi connectivity index (χ2n) is 18.5. The molecule has 0 radical (unpaired) electrons. The van der Waals surface area contributed by atoms with Gasteiger partial charge in [-0.15, -0.1) is 0 Å². The van der Waals surface area contributed by atoms with E-state index in [-0.39, 0.29) is 38.6 Å². The van der Waals surface area contributed by atoms with Gasteiger partial charge in [-0.1, -0.05) is 27.7 Å². The SMILES string of the molecule is CCCOC(=O)C(ON1C(C)(C)CC(OC(C)=O)CC1(C)C)C(=O)OCCCC(C)(C)COC(=O)C(ON1C(C)(C)CC(OC(C)=O)CC1(C)C)C(=O)OCCC. The van der Waals surface area contributed by atoms with Crippen LogP contribution in [0.3, 0.4) is 0 Å². The fraction of sp³-hybridized carbons (Fsp3) is 0.854. The summed E-state index contributed by atoms with van der Waals surface area (Å²) in [4.78, 5) is 89.1. The molecule has 0 aromatic carbocycles. The Hall–Kier alpha value is -3.34. The minimum atomic E-state index is -1.70. The Morgan fingerprint density at radius 1 is 0.561 bits per heavy atom. The van der Waals surface area contributed by atoms with Gasteiger partial charge in [0.25, 0.3) is 12.2 Å². The molecule has 2 aliphatic rings. The van der Waals surface area contributed by atoms with E-state index in [1.807, 2.05) is 83.1 Å². The normalized spacial score (nSPS) is 20.7. The van der Waals surface area contributed by atoms with Crippen LogP contribution in [0.4, 0.5) is 0 Å². The van der Waals surface area contributed by atoms with E-state index in [9.17, 15) is 28.8 Å². The van der Waals surface area contributed by atoms with Crippen LogP contribution in [0.25, 0.3) is 0 Å². The lowest BCUT2D eigenvalue weighted by molar-refractivity contribution is -0.310. The van der Waals surface area contributed by atoms with Gasteiger partial charge in [0.2, 0.25) is 0 Å². The second-order valence-corrected chi connectivity index (χ2v) is 18.5. The maximum Gasteiger partial charge on any atom is 0.349 e. The summed E-state index contributed by atoms with van der Waals surface area (Å²) in [5.74, 6) is -4.38. The van der Waals surface area contributed by atoms with Crippen LogP contribution in [0.5, 0.6) is 0 Å². The highest BCUT2D eigenvalue weighted by Gasteiger charge is 2.52. The Bertz CT molecular complexity index is 1370. The summed E-state index contributed by atoms with van der Waals surface area (Å²) in [5.41, 5.74) is -3.59. The monoisotopic (exact) mass is 814 g/mol. The van der Waals surface area contributed by atoms with Gasteiger partial charge in [-0.2, -0.15) is 10.1 Å². The summed E-state index contributed by atoms with van der Waals surface area (Å²) >= 11 is 0. The molecular weight excluding hydrogens is 744 g/mol. The van der Waals surface area contributed by atoms with Crippen molar-refractivity contribution < 1.29 is 66.9 Å². The van der Waals surface area contributed by atoms with Crippen LogP contribution < -0.4 is 0 Å². The molecule has 0 spiro atoms. The third-order valence-electron chi connectivity index (χ3n) is 9.80. The van der Waals surface area contributed by atoms with Crippen molar-refractivity contribution in [1.82, 2.24) is 10.1 Å². The fourth-order valence-electron chi connectivity index (χ4n) is 7.90. The third kappa shape index (κ3) is 15.1. The topological polar surface area (TPSA) is 183 Å². The first kappa shape index (κ1) is 49.8. The molecule has 16 heteroatoms. The first-order chi connectivity index (χ1) is 26.2. The summed E-state index contributed by atoms with van der Waals surface area (Å²) in [5, 5.41) is 3.19. The van der Waals surface area contributed by atoms with Gasteiger partial charge in [-0.25, -0.2) is 19.2 Å². The van der Waals surface area contributed by atoms with Gasteiger partial charge in [-0.3, -0.25) is 19.3 Å². The molecule has 328 valence electrons. The molecule has 57 heavy (non-hydrogen) atoms. The van der Waals surface area contributed by atoms with E-state index in [4.69, 9.17) is 38.1 Å². The number of hydrogen-bond acceptors (Lipinski definition) is 16. The molecule has 2 saturated heterocycles. The van der Waals surface area contributed by atoms with Crippen LogP contribution in [0.15, 0.2) is 0 Å². The quantitative estimate of drug-likeness (QED) is 0.0644. The molecule has 0 bridgehead atoms. The van der Waals surface area contributed by atoms with Crippen LogP contribution in [0.1, 0.15) is 148 Å². The van der Waals surface area contributed by atoms with Crippen molar-refractivity contribution in [1.29, 1.82) is 0 Å². The summed E-state index contributed by atoms with van der Waals surface area (Å²) in [6, 6.07) is 0. The largest absolute Gasteiger partial charge is 0.463 e. The number of carbonyl (C=O) groups excluding carboxylic acids is 6.